The van der Waals surface area contributed by atoms with Crippen molar-refractivity contribution in [3.8, 4) is 5.88 Å². The number of hydrogen-bond acceptors (Lipinski definition) is 6. The minimum atomic E-state index is 0.603. The molecule has 1 aliphatic heterocycles. The first-order valence-corrected chi connectivity index (χ1v) is 7.15. The van der Waals surface area contributed by atoms with Crippen LogP contribution in [-0.4, -0.2) is 48.2 Å². The Morgan fingerprint density at radius 1 is 0.952 bits per heavy atom. The molecule has 1 saturated heterocycles. The van der Waals surface area contributed by atoms with E-state index in [1.807, 2.05) is 18.3 Å². The van der Waals surface area contributed by atoms with Gasteiger partial charge in [0.05, 0.1) is 7.11 Å². The van der Waals surface area contributed by atoms with Crippen LogP contribution < -0.4 is 14.5 Å². The molecular weight excluding hydrogens is 266 g/mol. The maximum atomic E-state index is 5.17. The Kier molecular flexibility index (Phi) is 4.14. The first-order valence-electron chi connectivity index (χ1n) is 7.15. The van der Waals surface area contributed by atoms with Gasteiger partial charge in [0.15, 0.2) is 0 Å². The second-order valence-electron chi connectivity index (χ2n) is 4.91. The molecule has 3 rings (SSSR count). The van der Waals surface area contributed by atoms with Crippen molar-refractivity contribution in [3.63, 3.8) is 0 Å². The van der Waals surface area contributed by atoms with Crippen molar-refractivity contribution in [2.45, 2.75) is 6.42 Å². The molecule has 0 amide bonds. The summed E-state index contributed by atoms with van der Waals surface area (Å²) in [4.78, 5) is 17.7. The van der Waals surface area contributed by atoms with Crippen molar-refractivity contribution in [2.75, 3.05) is 43.1 Å². The molecule has 6 nitrogen and oxygen atoms in total. The first kappa shape index (κ1) is 13.6. The van der Waals surface area contributed by atoms with Crippen LogP contribution in [0.4, 0.5) is 11.8 Å². The van der Waals surface area contributed by atoms with Crippen molar-refractivity contribution < 1.29 is 4.74 Å². The third-order valence-corrected chi connectivity index (χ3v) is 3.58. The zero-order chi connectivity index (χ0) is 14.5. The molecule has 0 bridgehead atoms. The highest BCUT2D eigenvalue weighted by Gasteiger charge is 2.18. The van der Waals surface area contributed by atoms with Gasteiger partial charge in [0.1, 0.15) is 5.82 Å². The zero-order valence-corrected chi connectivity index (χ0v) is 12.1. The summed E-state index contributed by atoms with van der Waals surface area (Å²) in [5.41, 5.74) is 0. The van der Waals surface area contributed by atoms with E-state index in [1.165, 1.54) is 0 Å². The van der Waals surface area contributed by atoms with Crippen LogP contribution in [0.1, 0.15) is 6.42 Å². The molecule has 2 aromatic heterocycles. The predicted octanol–water partition coefficient (Wildman–Crippen LogP) is 1.60. The van der Waals surface area contributed by atoms with Crippen LogP contribution in [0.15, 0.2) is 36.7 Å². The highest BCUT2D eigenvalue weighted by atomic mass is 16.5. The SMILES string of the molecule is COc1ccnc(N2CCCN(c3ccccn3)CC2)n1. The molecular formula is C15H19N5O. The van der Waals surface area contributed by atoms with Gasteiger partial charge in [0.2, 0.25) is 11.8 Å². The number of methoxy groups -OCH3 is 1. The van der Waals surface area contributed by atoms with Crippen molar-refractivity contribution in [1.29, 1.82) is 0 Å². The van der Waals surface area contributed by atoms with Crippen molar-refractivity contribution in [3.05, 3.63) is 36.7 Å². The van der Waals surface area contributed by atoms with Gasteiger partial charge in [-0.15, -0.1) is 0 Å². The molecule has 0 radical (unpaired) electrons. The molecule has 3 heterocycles. The lowest BCUT2D eigenvalue weighted by atomic mass is 10.3. The van der Waals surface area contributed by atoms with E-state index >= 15 is 0 Å². The lowest BCUT2D eigenvalue weighted by molar-refractivity contribution is 0.396. The molecule has 0 aromatic carbocycles. The molecule has 1 aliphatic rings. The van der Waals surface area contributed by atoms with Crippen LogP contribution in [-0.2, 0) is 0 Å². The van der Waals surface area contributed by atoms with E-state index < -0.39 is 0 Å². The normalized spacial score (nSPS) is 15.7. The van der Waals surface area contributed by atoms with E-state index in [2.05, 4.69) is 30.8 Å². The molecule has 21 heavy (non-hydrogen) atoms. The Morgan fingerprint density at radius 3 is 2.62 bits per heavy atom. The summed E-state index contributed by atoms with van der Waals surface area (Å²) in [7, 11) is 1.62. The monoisotopic (exact) mass is 285 g/mol. The average Bonchev–Trinajstić information content (AvgIpc) is 2.82. The van der Waals surface area contributed by atoms with Gasteiger partial charge >= 0.3 is 0 Å². The van der Waals surface area contributed by atoms with Crippen LogP contribution in [0.2, 0.25) is 0 Å². The fourth-order valence-corrected chi connectivity index (χ4v) is 2.49. The second kappa shape index (κ2) is 6.39. The van der Waals surface area contributed by atoms with E-state index in [-0.39, 0.29) is 0 Å². The number of aromatic nitrogens is 3. The third-order valence-electron chi connectivity index (χ3n) is 3.58. The van der Waals surface area contributed by atoms with Crippen LogP contribution in [0, 0.1) is 0 Å². The molecule has 0 atom stereocenters. The fraction of sp³-hybridized carbons (Fsp3) is 0.400. The molecule has 0 unspecified atom stereocenters. The Hall–Kier alpha value is -2.37. The molecule has 0 spiro atoms. The Labute approximate surface area is 124 Å². The van der Waals surface area contributed by atoms with Gasteiger partial charge in [-0.05, 0) is 18.6 Å². The summed E-state index contributed by atoms with van der Waals surface area (Å²) in [5.74, 6) is 2.37. The first-order chi connectivity index (χ1) is 10.4. The number of nitrogens with zero attached hydrogens (tertiary/aromatic N) is 5. The summed E-state index contributed by atoms with van der Waals surface area (Å²) < 4.78 is 5.17. The maximum Gasteiger partial charge on any atom is 0.228 e. The van der Waals surface area contributed by atoms with E-state index in [0.29, 0.717) is 5.88 Å². The van der Waals surface area contributed by atoms with Gasteiger partial charge in [-0.2, -0.15) is 4.98 Å². The van der Waals surface area contributed by atoms with Crippen LogP contribution in [0.25, 0.3) is 0 Å². The molecule has 110 valence electrons. The topological polar surface area (TPSA) is 54.4 Å². The standard InChI is InChI=1S/C15H19N5O/c1-21-14-6-8-17-15(18-14)20-10-4-9-19(11-12-20)13-5-2-3-7-16-13/h2-3,5-8H,4,9-12H2,1H3. The molecule has 0 N–H and O–H groups in total. The maximum absolute atomic E-state index is 5.17. The summed E-state index contributed by atoms with van der Waals surface area (Å²) in [5, 5.41) is 0. The van der Waals surface area contributed by atoms with Crippen LogP contribution >= 0.6 is 0 Å². The third kappa shape index (κ3) is 3.21. The number of rotatable bonds is 3. The van der Waals surface area contributed by atoms with Crippen molar-refractivity contribution >= 4 is 11.8 Å². The smallest absolute Gasteiger partial charge is 0.228 e. The van der Waals surface area contributed by atoms with Gasteiger partial charge in [-0.25, -0.2) is 9.97 Å². The van der Waals surface area contributed by atoms with Gasteiger partial charge < -0.3 is 14.5 Å². The van der Waals surface area contributed by atoms with Crippen LogP contribution in [0.5, 0.6) is 5.88 Å². The highest BCUT2D eigenvalue weighted by molar-refractivity contribution is 5.40. The molecule has 2 aromatic rings. The zero-order valence-electron chi connectivity index (χ0n) is 12.1. The summed E-state index contributed by atoms with van der Waals surface area (Å²) in [6.45, 7) is 3.73. The predicted molar refractivity (Wildman–Crippen MR) is 81.9 cm³/mol. The lowest BCUT2D eigenvalue weighted by Crippen LogP contribution is -2.32. The largest absolute Gasteiger partial charge is 0.481 e. The molecule has 1 fully saturated rings. The quantitative estimate of drug-likeness (QED) is 0.854. The fourth-order valence-electron chi connectivity index (χ4n) is 2.49. The van der Waals surface area contributed by atoms with E-state index in [1.54, 1.807) is 19.4 Å². The highest BCUT2D eigenvalue weighted by Crippen LogP contribution is 2.17. The van der Waals surface area contributed by atoms with Crippen molar-refractivity contribution in [2.24, 2.45) is 0 Å². The van der Waals surface area contributed by atoms with E-state index in [4.69, 9.17) is 4.74 Å². The summed E-state index contributed by atoms with van der Waals surface area (Å²) >= 11 is 0. The van der Waals surface area contributed by atoms with Gasteiger partial charge in [0.25, 0.3) is 0 Å². The van der Waals surface area contributed by atoms with Crippen LogP contribution in [0.3, 0.4) is 0 Å². The Balaban J connectivity index is 1.70. The van der Waals surface area contributed by atoms with E-state index in [0.717, 1.165) is 44.4 Å². The van der Waals surface area contributed by atoms with Crippen molar-refractivity contribution in [1.82, 2.24) is 15.0 Å². The number of anilines is 2. The summed E-state index contributed by atoms with van der Waals surface area (Å²) in [6, 6.07) is 7.78. The number of hydrogen-bond donors (Lipinski definition) is 0. The number of ether oxygens (including phenoxy) is 1. The minimum Gasteiger partial charge on any atom is -0.481 e. The average molecular weight is 285 g/mol. The van der Waals surface area contributed by atoms with Gasteiger partial charge in [-0.1, -0.05) is 6.07 Å². The molecule has 0 saturated carbocycles. The molecule has 0 aliphatic carbocycles. The Morgan fingerprint density at radius 2 is 1.81 bits per heavy atom. The number of pyridine rings is 1. The summed E-state index contributed by atoms with van der Waals surface area (Å²) in [6.07, 6.45) is 4.63. The van der Waals surface area contributed by atoms with Gasteiger partial charge in [-0.3, -0.25) is 0 Å². The lowest BCUT2D eigenvalue weighted by Gasteiger charge is -2.22. The van der Waals surface area contributed by atoms with E-state index in [9.17, 15) is 0 Å². The molecule has 6 heteroatoms. The van der Waals surface area contributed by atoms with Gasteiger partial charge in [0, 0.05) is 44.6 Å². The Bertz CT molecular complexity index is 577. The second-order valence-corrected chi connectivity index (χ2v) is 4.91. The minimum absolute atomic E-state index is 0.603.